The van der Waals surface area contributed by atoms with Crippen molar-refractivity contribution in [2.75, 3.05) is 10.6 Å². The van der Waals surface area contributed by atoms with Crippen LogP contribution in [0.3, 0.4) is 0 Å². The molecule has 5 heteroatoms. The van der Waals surface area contributed by atoms with E-state index in [1.54, 1.807) is 24.4 Å². The molecule has 2 aromatic rings. The SMILES string of the molecule is CCCC(=O)Nc1ccc(Nc2ccc(C#N)cc2)cn1. The fourth-order valence-electron chi connectivity index (χ4n) is 1.77. The maximum absolute atomic E-state index is 11.5. The highest BCUT2D eigenvalue weighted by molar-refractivity contribution is 5.89. The van der Waals surface area contributed by atoms with E-state index in [0.29, 0.717) is 17.8 Å². The number of aromatic nitrogens is 1. The summed E-state index contributed by atoms with van der Waals surface area (Å²) >= 11 is 0. The summed E-state index contributed by atoms with van der Waals surface area (Å²) in [5.74, 6) is 0.511. The smallest absolute Gasteiger partial charge is 0.225 e. The highest BCUT2D eigenvalue weighted by Crippen LogP contribution is 2.17. The third-order valence-electron chi connectivity index (χ3n) is 2.81. The summed E-state index contributed by atoms with van der Waals surface area (Å²) in [5, 5.41) is 14.7. The predicted octanol–water partition coefficient (Wildman–Crippen LogP) is 3.44. The van der Waals surface area contributed by atoms with Gasteiger partial charge in [-0.2, -0.15) is 5.26 Å². The van der Waals surface area contributed by atoms with Crippen LogP contribution in [0, 0.1) is 11.3 Å². The lowest BCUT2D eigenvalue weighted by Gasteiger charge is -2.07. The van der Waals surface area contributed by atoms with Crippen LogP contribution in [0.4, 0.5) is 17.2 Å². The number of anilines is 3. The van der Waals surface area contributed by atoms with Crippen molar-refractivity contribution in [3.05, 3.63) is 48.2 Å². The molecule has 0 saturated carbocycles. The first-order valence-electron chi connectivity index (χ1n) is 6.74. The van der Waals surface area contributed by atoms with Crippen LogP contribution in [-0.2, 0) is 4.79 Å². The van der Waals surface area contributed by atoms with Crippen molar-refractivity contribution in [2.45, 2.75) is 19.8 Å². The Morgan fingerprint density at radius 2 is 1.90 bits per heavy atom. The zero-order valence-corrected chi connectivity index (χ0v) is 11.8. The molecule has 0 aliphatic heterocycles. The zero-order chi connectivity index (χ0) is 15.1. The van der Waals surface area contributed by atoms with Crippen LogP contribution < -0.4 is 10.6 Å². The van der Waals surface area contributed by atoms with Crippen molar-refractivity contribution in [1.82, 2.24) is 4.98 Å². The van der Waals surface area contributed by atoms with E-state index in [1.165, 1.54) is 0 Å². The van der Waals surface area contributed by atoms with Crippen LogP contribution in [0.5, 0.6) is 0 Å². The quantitative estimate of drug-likeness (QED) is 0.879. The fourth-order valence-corrected chi connectivity index (χ4v) is 1.77. The molecule has 0 aliphatic carbocycles. The van der Waals surface area contributed by atoms with Crippen LogP contribution in [-0.4, -0.2) is 10.9 Å². The van der Waals surface area contributed by atoms with E-state index in [1.807, 2.05) is 25.1 Å². The van der Waals surface area contributed by atoms with Gasteiger partial charge >= 0.3 is 0 Å². The zero-order valence-electron chi connectivity index (χ0n) is 11.8. The van der Waals surface area contributed by atoms with Gasteiger partial charge in [-0.25, -0.2) is 4.98 Å². The second-order valence-corrected chi connectivity index (χ2v) is 4.54. The van der Waals surface area contributed by atoms with Crippen LogP contribution >= 0.6 is 0 Å². The van der Waals surface area contributed by atoms with Gasteiger partial charge in [0.05, 0.1) is 23.5 Å². The number of hydrogen-bond acceptors (Lipinski definition) is 4. The van der Waals surface area contributed by atoms with Gasteiger partial charge < -0.3 is 10.6 Å². The molecule has 0 fully saturated rings. The van der Waals surface area contributed by atoms with Gasteiger partial charge in [0, 0.05) is 12.1 Å². The molecule has 21 heavy (non-hydrogen) atoms. The molecule has 0 saturated heterocycles. The number of amides is 1. The highest BCUT2D eigenvalue weighted by atomic mass is 16.1. The first-order chi connectivity index (χ1) is 10.2. The molecule has 0 bridgehead atoms. The normalized spacial score (nSPS) is 9.71. The van der Waals surface area contributed by atoms with Gasteiger partial charge in [0.25, 0.3) is 0 Å². The van der Waals surface area contributed by atoms with Crippen LogP contribution in [0.1, 0.15) is 25.3 Å². The minimum Gasteiger partial charge on any atom is -0.354 e. The summed E-state index contributed by atoms with van der Waals surface area (Å²) in [6.45, 7) is 1.96. The minimum absolute atomic E-state index is 0.0298. The summed E-state index contributed by atoms with van der Waals surface area (Å²) in [7, 11) is 0. The minimum atomic E-state index is -0.0298. The number of nitrogens with one attached hydrogen (secondary N) is 2. The maximum Gasteiger partial charge on any atom is 0.225 e. The number of hydrogen-bond donors (Lipinski definition) is 2. The van der Waals surface area contributed by atoms with Crippen molar-refractivity contribution >= 4 is 23.1 Å². The number of benzene rings is 1. The van der Waals surface area contributed by atoms with Crippen molar-refractivity contribution in [3.63, 3.8) is 0 Å². The molecule has 0 aliphatic rings. The van der Waals surface area contributed by atoms with Gasteiger partial charge in [-0.15, -0.1) is 0 Å². The summed E-state index contributed by atoms with van der Waals surface area (Å²) in [5.41, 5.74) is 2.31. The first kappa shape index (κ1) is 14.5. The summed E-state index contributed by atoms with van der Waals surface area (Å²) in [6.07, 6.45) is 2.96. The first-order valence-corrected chi connectivity index (χ1v) is 6.74. The van der Waals surface area contributed by atoms with E-state index >= 15 is 0 Å². The molecule has 0 atom stereocenters. The monoisotopic (exact) mass is 280 g/mol. The molecule has 5 nitrogen and oxygen atoms in total. The Bertz CT molecular complexity index is 641. The Morgan fingerprint density at radius 1 is 1.19 bits per heavy atom. The largest absolute Gasteiger partial charge is 0.354 e. The maximum atomic E-state index is 11.5. The Kier molecular flexibility index (Phi) is 4.89. The average Bonchev–Trinajstić information content (AvgIpc) is 2.50. The molecular formula is C16H16N4O. The predicted molar refractivity (Wildman–Crippen MR) is 82.2 cm³/mol. The molecule has 1 aromatic heterocycles. The summed E-state index contributed by atoms with van der Waals surface area (Å²) < 4.78 is 0. The van der Waals surface area contributed by atoms with E-state index < -0.39 is 0 Å². The third-order valence-corrected chi connectivity index (χ3v) is 2.81. The van der Waals surface area contributed by atoms with Crippen molar-refractivity contribution in [2.24, 2.45) is 0 Å². The number of nitrogens with zero attached hydrogens (tertiary/aromatic N) is 2. The number of carbonyl (C=O) groups is 1. The molecule has 0 unspecified atom stereocenters. The molecule has 1 heterocycles. The Hall–Kier alpha value is -2.87. The number of rotatable bonds is 5. The van der Waals surface area contributed by atoms with Crippen LogP contribution in [0.15, 0.2) is 42.6 Å². The molecule has 0 spiro atoms. The molecule has 1 amide bonds. The Labute approximate surface area is 123 Å². The van der Waals surface area contributed by atoms with Gasteiger partial charge in [-0.3, -0.25) is 4.79 Å². The van der Waals surface area contributed by atoms with Gasteiger partial charge in [0.2, 0.25) is 5.91 Å². The van der Waals surface area contributed by atoms with E-state index in [9.17, 15) is 4.79 Å². The van der Waals surface area contributed by atoms with Gasteiger partial charge in [0.1, 0.15) is 5.82 Å². The third kappa shape index (κ3) is 4.32. The fraction of sp³-hybridized carbons (Fsp3) is 0.188. The summed E-state index contributed by atoms with van der Waals surface area (Å²) in [6, 6.07) is 12.8. The topological polar surface area (TPSA) is 77.8 Å². The van der Waals surface area contributed by atoms with Gasteiger partial charge in [0.15, 0.2) is 0 Å². The Balaban J connectivity index is 1.98. The lowest BCUT2D eigenvalue weighted by molar-refractivity contribution is -0.116. The van der Waals surface area contributed by atoms with E-state index in [0.717, 1.165) is 17.8 Å². The van der Waals surface area contributed by atoms with Crippen LogP contribution in [0.25, 0.3) is 0 Å². The van der Waals surface area contributed by atoms with Crippen molar-refractivity contribution < 1.29 is 4.79 Å². The lowest BCUT2D eigenvalue weighted by atomic mass is 10.2. The molecule has 2 N–H and O–H groups in total. The van der Waals surface area contributed by atoms with E-state index in [2.05, 4.69) is 21.7 Å². The highest BCUT2D eigenvalue weighted by Gasteiger charge is 2.02. The molecule has 0 radical (unpaired) electrons. The molecule has 2 rings (SSSR count). The Morgan fingerprint density at radius 3 is 2.48 bits per heavy atom. The second kappa shape index (κ2) is 7.06. The van der Waals surface area contributed by atoms with Crippen LogP contribution in [0.2, 0.25) is 0 Å². The standard InChI is InChI=1S/C16H16N4O/c1-2-3-16(21)20-15-9-8-14(11-18-15)19-13-6-4-12(10-17)5-7-13/h4-9,11,19H,2-3H2,1H3,(H,18,20,21). The number of pyridine rings is 1. The van der Waals surface area contributed by atoms with E-state index in [-0.39, 0.29) is 5.91 Å². The molecule has 106 valence electrons. The number of nitriles is 1. The van der Waals surface area contributed by atoms with Gasteiger partial charge in [-0.1, -0.05) is 6.92 Å². The lowest BCUT2D eigenvalue weighted by Crippen LogP contribution is -2.11. The van der Waals surface area contributed by atoms with Gasteiger partial charge in [-0.05, 0) is 42.8 Å². The molecular weight excluding hydrogens is 264 g/mol. The summed E-state index contributed by atoms with van der Waals surface area (Å²) in [4.78, 5) is 15.6. The number of carbonyl (C=O) groups excluding carboxylic acids is 1. The molecule has 1 aromatic carbocycles. The second-order valence-electron chi connectivity index (χ2n) is 4.54. The average molecular weight is 280 g/mol. The van der Waals surface area contributed by atoms with Crippen molar-refractivity contribution in [1.29, 1.82) is 5.26 Å². The van der Waals surface area contributed by atoms with E-state index in [4.69, 9.17) is 5.26 Å². The van der Waals surface area contributed by atoms with Crippen molar-refractivity contribution in [3.8, 4) is 6.07 Å².